The predicted molar refractivity (Wildman–Crippen MR) is 68.3 cm³/mol. The van der Waals surface area contributed by atoms with E-state index in [1.807, 2.05) is 0 Å². The second-order valence-electron chi connectivity index (χ2n) is 3.99. The number of halogens is 1. The van der Waals surface area contributed by atoms with Crippen LogP contribution < -0.4 is 4.72 Å². The van der Waals surface area contributed by atoms with Crippen LogP contribution in [0.1, 0.15) is 12.8 Å². The number of rotatable bonds is 3. The Morgan fingerprint density at radius 1 is 1.29 bits per heavy atom. The molecule has 6 heteroatoms. The zero-order chi connectivity index (χ0) is 12.3. The highest BCUT2D eigenvalue weighted by Gasteiger charge is 2.21. The molecule has 0 spiro atoms. The normalized spacial score (nSPS) is 21.4. The minimum absolute atomic E-state index is 0.114. The minimum Gasteiger partial charge on any atom is -0.380 e. The number of hydrogen-bond donors (Lipinski definition) is 1. The largest absolute Gasteiger partial charge is 0.380 e. The molecule has 0 radical (unpaired) electrons. The standard InChI is InChI=1S/C11H14BrNO3S/c12-9-3-5-11(6-4-9)17(14,15)13-10-2-1-7-16-8-10/h3-6,10,13H,1-2,7-8H2. The third-order valence-electron chi connectivity index (χ3n) is 2.61. The Hall–Kier alpha value is -0.430. The molecule has 1 aliphatic heterocycles. The number of sulfonamides is 1. The smallest absolute Gasteiger partial charge is 0.240 e. The molecular formula is C11H14BrNO3S. The Balaban J connectivity index is 2.10. The molecule has 0 bridgehead atoms. The lowest BCUT2D eigenvalue weighted by molar-refractivity contribution is 0.0774. The number of benzene rings is 1. The molecule has 1 fully saturated rings. The van der Waals surface area contributed by atoms with Gasteiger partial charge in [-0.15, -0.1) is 0 Å². The van der Waals surface area contributed by atoms with E-state index in [2.05, 4.69) is 20.7 Å². The van der Waals surface area contributed by atoms with Crippen molar-refractivity contribution in [3.63, 3.8) is 0 Å². The SMILES string of the molecule is O=S(=O)(NC1CCCOC1)c1ccc(Br)cc1. The summed E-state index contributed by atoms with van der Waals surface area (Å²) in [5.74, 6) is 0. The van der Waals surface area contributed by atoms with Crippen LogP contribution in [0.2, 0.25) is 0 Å². The van der Waals surface area contributed by atoms with E-state index in [-0.39, 0.29) is 10.9 Å². The van der Waals surface area contributed by atoms with Gasteiger partial charge in [-0.1, -0.05) is 15.9 Å². The van der Waals surface area contributed by atoms with Gasteiger partial charge in [0, 0.05) is 17.1 Å². The first-order valence-electron chi connectivity index (χ1n) is 5.43. The summed E-state index contributed by atoms with van der Waals surface area (Å²) in [6.45, 7) is 1.17. The lowest BCUT2D eigenvalue weighted by atomic mass is 10.1. The Labute approximate surface area is 110 Å². The number of hydrogen-bond acceptors (Lipinski definition) is 3. The molecule has 1 aromatic carbocycles. The second kappa shape index (κ2) is 5.48. The Morgan fingerprint density at radius 2 is 2.00 bits per heavy atom. The summed E-state index contributed by atoms with van der Waals surface area (Å²) in [7, 11) is -3.43. The summed E-state index contributed by atoms with van der Waals surface area (Å²) in [6, 6.07) is 6.47. The first-order chi connectivity index (χ1) is 8.08. The van der Waals surface area contributed by atoms with E-state index >= 15 is 0 Å². The summed E-state index contributed by atoms with van der Waals surface area (Å²) in [4.78, 5) is 0.284. The van der Waals surface area contributed by atoms with Crippen LogP contribution in [-0.2, 0) is 14.8 Å². The maximum absolute atomic E-state index is 12.0. The second-order valence-corrected chi connectivity index (χ2v) is 6.62. The van der Waals surface area contributed by atoms with Crippen LogP contribution >= 0.6 is 15.9 Å². The van der Waals surface area contributed by atoms with Gasteiger partial charge in [0.05, 0.1) is 11.5 Å². The minimum atomic E-state index is -3.43. The molecule has 0 aromatic heterocycles. The molecule has 1 N–H and O–H groups in total. The van der Waals surface area contributed by atoms with Crippen LogP contribution in [0.15, 0.2) is 33.6 Å². The lowest BCUT2D eigenvalue weighted by Gasteiger charge is -2.22. The fourth-order valence-corrected chi connectivity index (χ4v) is 3.25. The van der Waals surface area contributed by atoms with E-state index in [1.54, 1.807) is 24.3 Å². The molecule has 0 aliphatic carbocycles. The molecule has 1 aromatic rings. The highest BCUT2D eigenvalue weighted by atomic mass is 79.9. The summed E-state index contributed by atoms with van der Waals surface area (Å²) in [6.07, 6.45) is 1.73. The maximum Gasteiger partial charge on any atom is 0.240 e. The van der Waals surface area contributed by atoms with Crippen molar-refractivity contribution in [2.75, 3.05) is 13.2 Å². The molecule has 94 valence electrons. The predicted octanol–water partition coefficient (Wildman–Crippen LogP) is 1.91. The maximum atomic E-state index is 12.0. The van der Waals surface area contributed by atoms with Crippen molar-refractivity contribution in [1.82, 2.24) is 4.72 Å². The molecule has 1 unspecified atom stereocenters. The van der Waals surface area contributed by atoms with Crippen LogP contribution in [0.5, 0.6) is 0 Å². The molecule has 0 saturated carbocycles. The number of ether oxygens (including phenoxy) is 1. The first kappa shape index (κ1) is 13.0. The highest BCUT2D eigenvalue weighted by molar-refractivity contribution is 9.10. The van der Waals surface area contributed by atoms with Gasteiger partial charge in [0.1, 0.15) is 0 Å². The van der Waals surface area contributed by atoms with Crippen molar-refractivity contribution in [2.24, 2.45) is 0 Å². The monoisotopic (exact) mass is 319 g/mol. The van der Waals surface area contributed by atoms with Gasteiger partial charge in [0.25, 0.3) is 0 Å². The Bertz CT molecular complexity index is 466. The van der Waals surface area contributed by atoms with Gasteiger partial charge < -0.3 is 4.74 Å². The van der Waals surface area contributed by atoms with Crippen molar-refractivity contribution in [3.05, 3.63) is 28.7 Å². The summed E-state index contributed by atoms with van der Waals surface area (Å²) >= 11 is 3.28. The van der Waals surface area contributed by atoms with Gasteiger partial charge in [-0.2, -0.15) is 0 Å². The molecule has 1 heterocycles. The van der Waals surface area contributed by atoms with Crippen molar-refractivity contribution in [2.45, 2.75) is 23.8 Å². The van der Waals surface area contributed by atoms with Gasteiger partial charge in [0.15, 0.2) is 0 Å². The molecule has 1 aliphatic rings. The summed E-state index contributed by atoms with van der Waals surface area (Å²) in [5, 5.41) is 0. The highest BCUT2D eigenvalue weighted by Crippen LogP contribution is 2.16. The zero-order valence-electron chi connectivity index (χ0n) is 9.23. The lowest BCUT2D eigenvalue weighted by Crippen LogP contribution is -2.40. The average molecular weight is 320 g/mol. The van der Waals surface area contributed by atoms with Crippen molar-refractivity contribution in [1.29, 1.82) is 0 Å². The quantitative estimate of drug-likeness (QED) is 0.925. The van der Waals surface area contributed by atoms with Crippen molar-refractivity contribution >= 4 is 26.0 Å². The third kappa shape index (κ3) is 3.51. The van der Waals surface area contributed by atoms with Crippen molar-refractivity contribution < 1.29 is 13.2 Å². The third-order valence-corrected chi connectivity index (χ3v) is 4.67. The molecule has 1 saturated heterocycles. The van der Waals surface area contributed by atoms with Crippen molar-refractivity contribution in [3.8, 4) is 0 Å². The van der Waals surface area contributed by atoms with Crippen LogP contribution in [0.3, 0.4) is 0 Å². The van der Waals surface area contributed by atoms with E-state index < -0.39 is 10.0 Å². The number of nitrogens with one attached hydrogen (secondary N) is 1. The van der Waals surface area contributed by atoms with E-state index in [4.69, 9.17) is 4.74 Å². The van der Waals surface area contributed by atoms with Gasteiger partial charge in [-0.3, -0.25) is 0 Å². The van der Waals surface area contributed by atoms with E-state index in [0.717, 1.165) is 23.9 Å². The molecule has 0 amide bonds. The van der Waals surface area contributed by atoms with Crippen LogP contribution in [-0.4, -0.2) is 27.7 Å². The molecule has 4 nitrogen and oxygen atoms in total. The summed E-state index contributed by atoms with van der Waals surface area (Å²) in [5.41, 5.74) is 0. The first-order valence-corrected chi connectivity index (χ1v) is 7.71. The van der Waals surface area contributed by atoms with Gasteiger partial charge in [-0.05, 0) is 37.1 Å². The topological polar surface area (TPSA) is 55.4 Å². The fourth-order valence-electron chi connectivity index (χ4n) is 1.73. The average Bonchev–Trinajstić information content (AvgIpc) is 2.30. The summed E-state index contributed by atoms with van der Waals surface area (Å²) < 4.78 is 32.8. The van der Waals surface area contributed by atoms with Gasteiger partial charge in [0.2, 0.25) is 10.0 Å². The molecule has 17 heavy (non-hydrogen) atoms. The molecule has 2 rings (SSSR count). The van der Waals surface area contributed by atoms with Gasteiger partial charge in [-0.25, -0.2) is 13.1 Å². The van der Waals surface area contributed by atoms with Crippen LogP contribution in [0.4, 0.5) is 0 Å². The van der Waals surface area contributed by atoms with E-state index in [0.29, 0.717) is 6.61 Å². The molecule has 1 atom stereocenters. The van der Waals surface area contributed by atoms with E-state index in [1.165, 1.54) is 0 Å². The van der Waals surface area contributed by atoms with E-state index in [9.17, 15) is 8.42 Å². The molecular weight excluding hydrogens is 306 g/mol. The Morgan fingerprint density at radius 3 is 2.59 bits per heavy atom. The van der Waals surface area contributed by atoms with Crippen LogP contribution in [0, 0.1) is 0 Å². The van der Waals surface area contributed by atoms with Gasteiger partial charge >= 0.3 is 0 Å². The zero-order valence-corrected chi connectivity index (χ0v) is 11.6. The Kier molecular flexibility index (Phi) is 4.19. The van der Waals surface area contributed by atoms with Crippen LogP contribution in [0.25, 0.3) is 0 Å². The fraction of sp³-hybridized carbons (Fsp3) is 0.455.